The van der Waals surface area contributed by atoms with Crippen LogP contribution in [0.5, 0.6) is 11.5 Å². The van der Waals surface area contributed by atoms with E-state index in [9.17, 15) is 4.39 Å². The minimum absolute atomic E-state index is 0.0908. The molecule has 3 nitrogen and oxygen atoms in total. The molecule has 124 valence electrons. The standard InChI is InChI=1S/C20H20FNO2/c1-23-18-8-4-7-15(20(18)24-2)19-14-6-3-5-13(14)16-11-12(21)9-10-17(16)22-19/h3-5,7-11,13-14,19,22H,6H2,1-2H3/t13-,14+,19+/m0/s1. The van der Waals surface area contributed by atoms with Gasteiger partial charge in [-0.25, -0.2) is 4.39 Å². The summed E-state index contributed by atoms with van der Waals surface area (Å²) in [6.07, 6.45) is 5.35. The zero-order chi connectivity index (χ0) is 16.7. The molecule has 0 bridgehead atoms. The van der Waals surface area contributed by atoms with Gasteiger partial charge in [0.2, 0.25) is 0 Å². The molecule has 4 heteroatoms. The molecule has 0 saturated carbocycles. The number of nitrogens with one attached hydrogen (secondary N) is 1. The minimum atomic E-state index is -0.188. The van der Waals surface area contributed by atoms with Gasteiger partial charge in [0.25, 0.3) is 0 Å². The van der Waals surface area contributed by atoms with Gasteiger partial charge in [-0.1, -0.05) is 24.3 Å². The largest absolute Gasteiger partial charge is 0.493 e. The van der Waals surface area contributed by atoms with Gasteiger partial charge in [-0.15, -0.1) is 0 Å². The van der Waals surface area contributed by atoms with E-state index < -0.39 is 0 Å². The van der Waals surface area contributed by atoms with Crippen molar-refractivity contribution in [2.75, 3.05) is 19.5 Å². The van der Waals surface area contributed by atoms with Gasteiger partial charge in [0, 0.05) is 17.2 Å². The number of allylic oxidation sites excluding steroid dienone is 2. The highest BCUT2D eigenvalue weighted by atomic mass is 19.1. The van der Waals surface area contributed by atoms with Gasteiger partial charge in [0.1, 0.15) is 5.82 Å². The van der Waals surface area contributed by atoms with Gasteiger partial charge < -0.3 is 14.8 Å². The molecular weight excluding hydrogens is 305 g/mol. The average molecular weight is 325 g/mol. The second-order valence-electron chi connectivity index (χ2n) is 6.29. The number of para-hydroxylation sites is 1. The third kappa shape index (κ3) is 2.25. The van der Waals surface area contributed by atoms with E-state index in [1.807, 2.05) is 18.2 Å². The fraction of sp³-hybridized carbons (Fsp3) is 0.300. The van der Waals surface area contributed by atoms with E-state index in [0.29, 0.717) is 5.92 Å². The summed E-state index contributed by atoms with van der Waals surface area (Å²) >= 11 is 0. The first kappa shape index (κ1) is 15.1. The van der Waals surface area contributed by atoms with E-state index in [4.69, 9.17) is 9.47 Å². The van der Waals surface area contributed by atoms with Gasteiger partial charge in [-0.2, -0.15) is 0 Å². The van der Waals surface area contributed by atoms with Crippen LogP contribution in [-0.2, 0) is 0 Å². The molecule has 1 N–H and O–H groups in total. The molecule has 2 aliphatic rings. The summed E-state index contributed by atoms with van der Waals surface area (Å²) in [4.78, 5) is 0. The van der Waals surface area contributed by atoms with Gasteiger partial charge in [0.15, 0.2) is 11.5 Å². The third-order valence-electron chi connectivity index (χ3n) is 5.09. The number of fused-ring (bicyclic) bond motifs is 3. The van der Waals surface area contributed by atoms with Crippen molar-refractivity contribution in [3.8, 4) is 11.5 Å². The Bertz CT molecular complexity index is 802. The maximum atomic E-state index is 13.7. The second kappa shape index (κ2) is 5.86. The quantitative estimate of drug-likeness (QED) is 0.832. The lowest BCUT2D eigenvalue weighted by atomic mass is 9.77. The molecular formula is C20H20FNO2. The summed E-state index contributed by atoms with van der Waals surface area (Å²) in [6.45, 7) is 0. The predicted molar refractivity (Wildman–Crippen MR) is 92.3 cm³/mol. The lowest BCUT2D eigenvalue weighted by Crippen LogP contribution is -2.29. The summed E-state index contributed by atoms with van der Waals surface area (Å²) in [5.74, 6) is 1.85. The van der Waals surface area contributed by atoms with Crippen LogP contribution in [0.25, 0.3) is 0 Å². The molecule has 0 unspecified atom stereocenters. The number of benzene rings is 2. The van der Waals surface area contributed by atoms with Crippen molar-refractivity contribution in [2.24, 2.45) is 5.92 Å². The van der Waals surface area contributed by atoms with Crippen LogP contribution in [-0.4, -0.2) is 14.2 Å². The van der Waals surface area contributed by atoms with E-state index in [1.165, 1.54) is 6.07 Å². The SMILES string of the molecule is COc1cccc([C@@H]2Nc3ccc(F)cc3[C@H]3C=CC[C@H]32)c1OC. The summed E-state index contributed by atoms with van der Waals surface area (Å²) in [6, 6.07) is 11.0. The van der Waals surface area contributed by atoms with Crippen LogP contribution in [0.1, 0.15) is 29.5 Å². The Morgan fingerprint density at radius 2 is 1.96 bits per heavy atom. The first-order valence-electron chi connectivity index (χ1n) is 8.16. The number of methoxy groups -OCH3 is 2. The Kier molecular flexibility index (Phi) is 3.68. The molecule has 2 aromatic rings. The molecule has 1 aliphatic carbocycles. The summed E-state index contributed by atoms with van der Waals surface area (Å²) < 4.78 is 24.8. The zero-order valence-electron chi connectivity index (χ0n) is 13.8. The highest BCUT2D eigenvalue weighted by Gasteiger charge is 2.39. The smallest absolute Gasteiger partial charge is 0.165 e. The van der Waals surface area contributed by atoms with Crippen molar-refractivity contribution >= 4 is 5.69 Å². The number of rotatable bonds is 3. The van der Waals surface area contributed by atoms with Crippen LogP contribution < -0.4 is 14.8 Å². The van der Waals surface area contributed by atoms with Gasteiger partial charge in [0.05, 0.1) is 20.3 Å². The third-order valence-corrected chi connectivity index (χ3v) is 5.09. The van der Waals surface area contributed by atoms with E-state index in [2.05, 4.69) is 23.5 Å². The molecule has 0 fully saturated rings. The summed E-state index contributed by atoms with van der Waals surface area (Å²) in [5.41, 5.74) is 3.09. The van der Waals surface area contributed by atoms with E-state index in [1.54, 1.807) is 20.3 Å². The molecule has 0 amide bonds. The zero-order valence-corrected chi connectivity index (χ0v) is 13.8. The molecule has 0 aromatic heterocycles. The highest BCUT2D eigenvalue weighted by molar-refractivity contribution is 5.61. The first-order valence-corrected chi connectivity index (χ1v) is 8.16. The van der Waals surface area contributed by atoms with Crippen molar-refractivity contribution in [1.29, 1.82) is 0 Å². The summed E-state index contributed by atoms with van der Waals surface area (Å²) in [7, 11) is 3.31. The number of halogens is 1. The average Bonchev–Trinajstić information content (AvgIpc) is 3.10. The van der Waals surface area contributed by atoms with Crippen LogP contribution in [0.4, 0.5) is 10.1 Å². The molecule has 1 heterocycles. The highest BCUT2D eigenvalue weighted by Crippen LogP contribution is 2.52. The van der Waals surface area contributed by atoms with Crippen LogP contribution in [0.3, 0.4) is 0 Å². The Balaban J connectivity index is 1.82. The maximum absolute atomic E-state index is 13.7. The Morgan fingerprint density at radius 3 is 2.75 bits per heavy atom. The fourth-order valence-electron chi connectivity index (χ4n) is 4.03. The van der Waals surface area contributed by atoms with Crippen molar-refractivity contribution in [1.82, 2.24) is 0 Å². The van der Waals surface area contributed by atoms with Crippen LogP contribution in [0.15, 0.2) is 48.6 Å². The molecule has 2 aromatic carbocycles. The van der Waals surface area contributed by atoms with E-state index in [-0.39, 0.29) is 17.8 Å². The molecule has 1 aliphatic heterocycles. The van der Waals surface area contributed by atoms with E-state index >= 15 is 0 Å². The fourth-order valence-corrected chi connectivity index (χ4v) is 4.03. The topological polar surface area (TPSA) is 30.5 Å². The number of hydrogen-bond donors (Lipinski definition) is 1. The Morgan fingerprint density at radius 1 is 1.08 bits per heavy atom. The van der Waals surface area contributed by atoms with Crippen molar-refractivity contribution in [3.05, 3.63) is 65.5 Å². The number of anilines is 1. The molecule has 3 atom stereocenters. The lowest BCUT2D eigenvalue weighted by molar-refractivity contribution is 0.341. The molecule has 4 rings (SSSR count). The van der Waals surface area contributed by atoms with Crippen LogP contribution in [0, 0.1) is 11.7 Å². The summed E-state index contributed by atoms with van der Waals surface area (Å²) in [5, 5.41) is 3.60. The first-order chi connectivity index (χ1) is 11.7. The number of hydrogen-bond acceptors (Lipinski definition) is 3. The van der Waals surface area contributed by atoms with Gasteiger partial charge in [-0.3, -0.25) is 0 Å². The molecule has 24 heavy (non-hydrogen) atoms. The van der Waals surface area contributed by atoms with Crippen LogP contribution in [0.2, 0.25) is 0 Å². The minimum Gasteiger partial charge on any atom is -0.493 e. The second-order valence-corrected chi connectivity index (χ2v) is 6.29. The molecule has 0 spiro atoms. The number of ether oxygens (including phenoxy) is 2. The lowest BCUT2D eigenvalue weighted by Gasteiger charge is -2.38. The molecule has 0 saturated heterocycles. The Labute approximate surface area is 141 Å². The Hall–Kier alpha value is -2.49. The van der Waals surface area contributed by atoms with E-state index in [0.717, 1.165) is 34.7 Å². The monoisotopic (exact) mass is 325 g/mol. The van der Waals surface area contributed by atoms with Crippen LogP contribution >= 0.6 is 0 Å². The van der Waals surface area contributed by atoms with Crippen molar-refractivity contribution in [2.45, 2.75) is 18.4 Å². The normalized spacial score (nSPS) is 24.0. The van der Waals surface area contributed by atoms with Gasteiger partial charge >= 0.3 is 0 Å². The maximum Gasteiger partial charge on any atom is 0.165 e. The van der Waals surface area contributed by atoms with Gasteiger partial charge in [-0.05, 0) is 42.2 Å². The van der Waals surface area contributed by atoms with Crippen molar-refractivity contribution < 1.29 is 13.9 Å². The van der Waals surface area contributed by atoms with Crippen molar-refractivity contribution in [3.63, 3.8) is 0 Å². The predicted octanol–water partition coefficient (Wildman–Crippen LogP) is 4.67. The molecule has 0 radical (unpaired) electrons.